The Morgan fingerprint density at radius 3 is 3.05 bits per heavy atom. The molecule has 1 aromatic heterocycles. The Morgan fingerprint density at radius 1 is 1.50 bits per heavy atom. The molecule has 20 heavy (non-hydrogen) atoms. The van der Waals surface area contributed by atoms with Gasteiger partial charge in [0.05, 0.1) is 11.2 Å². The fourth-order valence-corrected chi connectivity index (χ4v) is 2.33. The molecule has 0 unspecified atom stereocenters. The molecule has 2 rings (SSSR count). The molecule has 0 bridgehead atoms. The molecule has 0 atom stereocenters. The third-order valence-corrected chi connectivity index (χ3v) is 3.45. The van der Waals surface area contributed by atoms with Gasteiger partial charge in [-0.05, 0) is 24.6 Å². The molecular formula is C15H14N2O2S. The molecule has 0 aliphatic rings. The van der Waals surface area contributed by atoms with E-state index in [2.05, 4.69) is 22.1 Å². The number of aliphatic hydroxyl groups is 1. The van der Waals surface area contributed by atoms with Crippen molar-refractivity contribution in [2.75, 3.05) is 6.61 Å². The van der Waals surface area contributed by atoms with Gasteiger partial charge in [-0.15, -0.1) is 11.3 Å². The van der Waals surface area contributed by atoms with Crippen molar-refractivity contribution in [3.63, 3.8) is 0 Å². The number of aromatic nitrogens is 1. The van der Waals surface area contributed by atoms with Crippen molar-refractivity contribution in [2.45, 2.75) is 13.5 Å². The lowest BCUT2D eigenvalue weighted by atomic mass is 10.1. The van der Waals surface area contributed by atoms with Crippen molar-refractivity contribution >= 4 is 17.2 Å². The number of aryl methyl sites for hydroxylation is 1. The second-order valence-corrected chi connectivity index (χ2v) is 5.32. The molecule has 0 saturated carbocycles. The average Bonchev–Trinajstić information content (AvgIpc) is 2.90. The molecule has 0 aliphatic carbocycles. The van der Waals surface area contributed by atoms with Crippen molar-refractivity contribution in [3.8, 4) is 11.8 Å². The molecule has 0 spiro atoms. The lowest BCUT2D eigenvalue weighted by Crippen LogP contribution is -2.21. The zero-order valence-corrected chi connectivity index (χ0v) is 11.8. The number of nitrogens with zero attached hydrogens (tertiary/aromatic N) is 1. The van der Waals surface area contributed by atoms with Crippen LogP contribution in [0.5, 0.6) is 0 Å². The second-order valence-electron chi connectivity index (χ2n) is 4.09. The van der Waals surface area contributed by atoms with E-state index in [1.165, 1.54) is 11.3 Å². The van der Waals surface area contributed by atoms with Crippen LogP contribution in [-0.2, 0) is 6.54 Å². The number of amides is 1. The number of thiazole rings is 1. The fourth-order valence-electron chi connectivity index (χ4n) is 1.64. The number of carbonyl (C=O) groups excluding carboxylic acids is 1. The van der Waals surface area contributed by atoms with Crippen LogP contribution in [0.3, 0.4) is 0 Å². The largest absolute Gasteiger partial charge is 0.384 e. The highest BCUT2D eigenvalue weighted by Crippen LogP contribution is 2.11. The molecule has 102 valence electrons. The molecule has 4 nitrogen and oxygen atoms in total. The average molecular weight is 286 g/mol. The second kappa shape index (κ2) is 6.85. The van der Waals surface area contributed by atoms with Crippen molar-refractivity contribution < 1.29 is 9.90 Å². The van der Waals surface area contributed by atoms with Gasteiger partial charge >= 0.3 is 0 Å². The van der Waals surface area contributed by atoms with E-state index in [-0.39, 0.29) is 12.5 Å². The summed E-state index contributed by atoms with van der Waals surface area (Å²) in [6.45, 7) is 2.14. The van der Waals surface area contributed by atoms with E-state index in [0.29, 0.717) is 11.4 Å². The van der Waals surface area contributed by atoms with Gasteiger partial charge in [0.25, 0.3) is 5.91 Å². The number of nitrogens with one attached hydrogen (secondary N) is 1. The number of benzene rings is 1. The highest BCUT2D eigenvalue weighted by atomic mass is 32.1. The summed E-state index contributed by atoms with van der Waals surface area (Å²) in [4.78, 5) is 16.6. The van der Waals surface area contributed by atoms with Crippen molar-refractivity contribution in [3.05, 3.63) is 51.5 Å². The maximum absolute atomic E-state index is 11.9. The summed E-state index contributed by atoms with van der Waals surface area (Å²) < 4.78 is 0. The molecular weight excluding hydrogens is 272 g/mol. The van der Waals surface area contributed by atoms with Gasteiger partial charge in [0, 0.05) is 12.1 Å². The topological polar surface area (TPSA) is 62.2 Å². The molecule has 1 heterocycles. The number of aliphatic hydroxyl groups excluding tert-OH is 1. The first-order chi connectivity index (χ1) is 9.69. The summed E-state index contributed by atoms with van der Waals surface area (Å²) in [5.74, 6) is 5.31. The minimum Gasteiger partial charge on any atom is -0.384 e. The van der Waals surface area contributed by atoms with Gasteiger partial charge in [0.15, 0.2) is 0 Å². The summed E-state index contributed by atoms with van der Waals surface area (Å²) >= 11 is 1.37. The quantitative estimate of drug-likeness (QED) is 0.845. The lowest BCUT2D eigenvalue weighted by molar-refractivity contribution is 0.0954. The number of carbonyl (C=O) groups is 1. The maximum Gasteiger partial charge on any atom is 0.263 e. The molecule has 0 fully saturated rings. The van der Waals surface area contributed by atoms with Crippen molar-refractivity contribution in [1.29, 1.82) is 0 Å². The molecule has 1 amide bonds. The first-order valence-corrected chi connectivity index (χ1v) is 6.90. The van der Waals surface area contributed by atoms with E-state index >= 15 is 0 Å². The van der Waals surface area contributed by atoms with Crippen LogP contribution in [0.15, 0.2) is 30.5 Å². The van der Waals surface area contributed by atoms with Crippen LogP contribution >= 0.6 is 11.3 Å². The smallest absolute Gasteiger partial charge is 0.263 e. The molecule has 2 N–H and O–H groups in total. The van der Waals surface area contributed by atoms with E-state index in [4.69, 9.17) is 5.11 Å². The molecule has 5 heteroatoms. The van der Waals surface area contributed by atoms with E-state index in [1.54, 1.807) is 6.20 Å². The number of hydrogen-bond donors (Lipinski definition) is 2. The van der Waals surface area contributed by atoms with Crippen molar-refractivity contribution in [1.82, 2.24) is 10.3 Å². The van der Waals surface area contributed by atoms with Gasteiger partial charge in [0.2, 0.25) is 0 Å². The Labute approximate surface area is 121 Å². The standard InChI is InChI=1S/C15H14N2O2S/c1-11-16-10-14(20-11)15(19)17-9-13-5-2-4-12(8-13)6-3-7-18/h2,4-5,8,10,18H,7,9H2,1H3,(H,17,19). The van der Waals surface area contributed by atoms with E-state index < -0.39 is 0 Å². The first-order valence-electron chi connectivity index (χ1n) is 6.08. The number of rotatable bonds is 3. The predicted molar refractivity (Wildman–Crippen MR) is 78.4 cm³/mol. The van der Waals surface area contributed by atoms with Crippen LogP contribution in [0.25, 0.3) is 0 Å². The minimum atomic E-state index is -0.161. The normalized spacial score (nSPS) is 9.70. The predicted octanol–water partition coefficient (Wildman–Crippen LogP) is 1.73. The Hall–Kier alpha value is -2.16. The Balaban J connectivity index is 1.98. The zero-order chi connectivity index (χ0) is 14.4. The van der Waals surface area contributed by atoms with Gasteiger partial charge in [-0.2, -0.15) is 0 Å². The summed E-state index contributed by atoms with van der Waals surface area (Å²) in [5, 5.41) is 12.4. The summed E-state index contributed by atoms with van der Waals surface area (Å²) in [7, 11) is 0. The highest BCUT2D eigenvalue weighted by Gasteiger charge is 2.08. The third-order valence-electron chi connectivity index (χ3n) is 2.54. The first kappa shape index (κ1) is 14.3. The van der Waals surface area contributed by atoms with Crippen LogP contribution in [0.2, 0.25) is 0 Å². The van der Waals surface area contributed by atoms with Crippen molar-refractivity contribution in [2.24, 2.45) is 0 Å². The summed E-state index contributed by atoms with van der Waals surface area (Å²) in [6.07, 6.45) is 1.58. The Morgan fingerprint density at radius 2 is 2.35 bits per heavy atom. The highest BCUT2D eigenvalue weighted by molar-refractivity contribution is 7.13. The van der Waals surface area contributed by atoms with Crippen LogP contribution in [0.1, 0.15) is 25.8 Å². The monoisotopic (exact) mass is 286 g/mol. The van der Waals surface area contributed by atoms with Crippen LogP contribution in [0.4, 0.5) is 0 Å². The molecule has 0 aliphatic heterocycles. The molecule has 1 aromatic carbocycles. The Kier molecular flexibility index (Phi) is 4.88. The molecule has 2 aromatic rings. The van der Waals surface area contributed by atoms with Gasteiger partial charge in [-0.25, -0.2) is 4.98 Å². The summed E-state index contributed by atoms with van der Waals surface area (Å²) in [6, 6.07) is 7.55. The maximum atomic E-state index is 11.9. The van der Waals surface area contributed by atoms with Crippen LogP contribution in [0, 0.1) is 18.8 Å². The van der Waals surface area contributed by atoms with Crippen LogP contribution in [-0.4, -0.2) is 22.6 Å². The summed E-state index contributed by atoms with van der Waals surface area (Å²) in [5.41, 5.74) is 1.78. The van der Waals surface area contributed by atoms with Gasteiger partial charge in [-0.1, -0.05) is 24.0 Å². The fraction of sp³-hybridized carbons (Fsp3) is 0.200. The minimum absolute atomic E-state index is 0.123. The molecule has 0 radical (unpaired) electrons. The lowest BCUT2D eigenvalue weighted by Gasteiger charge is -2.04. The third kappa shape index (κ3) is 3.92. The van der Waals surface area contributed by atoms with Gasteiger partial charge in [-0.3, -0.25) is 4.79 Å². The van der Waals surface area contributed by atoms with E-state index in [1.807, 2.05) is 31.2 Å². The Bertz CT molecular complexity index is 668. The number of hydrogen-bond acceptors (Lipinski definition) is 4. The van der Waals surface area contributed by atoms with E-state index in [0.717, 1.165) is 16.1 Å². The SMILES string of the molecule is Cc1ncc(C(=O)NCc2cccc(C#CCO)c2)s1. The van der Waals surface area contributed by atoms with Gasteiger partial charge in [0.1, 0.15) is 11.5 Å². The van der Waals surface area contributed by atoms with Gasteiger partial charge < -0.3 is 10.4 Å². The van der Waals surface area contributed by atoms with E-state index in [9.17, 15) is 4.79 Å². The zero-order valence-electron chi connectivity index (χ0n) is 11.0. The molecule has 0 saturated heterocycles. The van der Waals surface area contributed by atoms with Crippen LogP contribution < -0.4 is 5.32 Å².